The summed E-state index contributed by atoms with van der Waals surface area (Å²) in [6.07, 6.45) is -16.1. The minimum Gasteiger partial charge on any atom is -0.393 e. The lowest BCUT2D eigenvalue weighted by Gasteiger charge is -2.23. The Morgan fingerprint density at radius 1 is 1.07 bits per heavy atom. The minimum atomic E-state index is -5.49. The third-order valence-electron chi connectivity index (χ3n) is 1.41. The average molecular weight is 240 g/mol. The Bertz CT molecular complexity index is 171. The number of aliphatic hydroxyl groups excluding tert-OH is 1. The zero-order chi connectivity index (χ0) is 12.3. The number of alkyl halides is 6. The molecule has 0 rings (SSSR count). The van der Waals surface area contributed by atoms with E-state index in [1.165, 1.54) is 6.92 Å². The van der Waals surface area contributed by atoms with E-state index < -0.39 is 31.2 Å². The quantitative estimate of drug-likeness (QED) is 0.764. The fraction of sp³-hybridized carbons (Fsp3) is 1.00. The largest absolute Gasteiger partial charge is 0.423 e. The normalized spacial score (nSPS) is 15.8. The lowest BCUT2D eigenvalue weighted by molar-refractivity contribution is -0.322. The molecule has 0 bridgehead atoms. The number of rotatable bonds is 4. The molecule has 0 aromatic heterocycles. The molecule has 0 aromatic rings. The highest BCUT2D eigenvalue weighted by molar-refractivity contribution is 4.75. The summed E-state index contributed by atoms with van der Waals surface area (Å²) >= 11 is 0. The maximum Gasteiger partial charge on any atom is 0.423 e. The van der Waals surface area contributed by atoms with Gasteiger partial charge in [-0.25, -0.2) is 0 Å². The monoisotopic (exact) mass is 240 g/mol. The highest BCUT2D eigenvalue weighted by Gasteiger charge is 2.57. The van der Waals surface area contributed by atoms with Crippen molar-refractivity contribution in [1.29, 1.82) is 0 Å². The molecule has 0 aromatic carbocycles. The van der Waals surface area contributed by atoms with Crippen molar-refractivity contribution in [2.45, 2.75) is 37.9 Å². The second kappa shape index (κ2) is 5.02. The van der Waals surface area contributed by atoms with Crippen molar-refractivity contribution in [1.82, 2.24) is 0 Å². The number of aliphatic hydroxyl groups is 1. The summed E-state index contributed by atoms with van der Waals surface area (Å²) in [7, 11) is 0. The molecule has 1 unspecified atom stereocenters. The van der Waals surface area contributed by atoms with Gasteiger partial charge in [-0.05, 0) is 13.3 Å². The highest BCUT2D eigenvalue weighted by atomic mass is 19.4. The standard InChI is InChI=1S/C7H10F6O2/c1-4(14)2-3-15-5(6(8,9)10)7(11,12)13/h4-5,14H,2-3H2,1H3. The van der Waals surface area contributed by atoms with Crippen LogP contribution in [0.4, 0.5) is 26.3 Å². The number of halogens is 6. The number of hydrogen-bond acceptors (Lipinski definition) is 2. The van der Waals surface area contributed by atoms with Crippen LogP contribution in [0.2, 0.25) is 0 Å². The van der Waals surface area contributed by atoms with Gasteiger partial charge in [0.1, 0.15) is 0 Å². The average Bonchev–Trinajstić information content (AvgIpc) is 1.92. The Morgan fingerprint density at radius 2 is 1.47 bits per heavy atom. The van der Waals surface area contributed by atoms with Gasteiger partial charge in [0.05, 0.1) is 12.7 Å². The molecule has 0 saturated carbocycles. The summed E-state index contributed by atoms with van der Waals surface area (Å²) in [4.78, 5) is 0. The van der Waals surface area contributed by atoms with E-state index >= 15 is 0 Å². The van der Waals surface area contributed by atoms with Crippen molar-refractivity contribution in [2.24, 2.45) is 0 Å². The SMILES string of the molecule is CC(O)CCOC(C(F)(F)F)C(F)(F)F. The Kier molecular flexibility index (Phi) is 4.85. The first kappa shape index (κ1) is 14.5. The van der Waals surface area contributed by atoms with Crippen molar-refractivity contribution in [3.63, 3.8) is 0 Å². The van der Waals surface area contributed by atoms with Crippen LogP contribution in [-0.2, 0) is 4.74 Å². The molecular weight excluding hydrogens is 230 g/mol. The van der Waals surface area contributed by atoms with Crippen LogP contribution in [-0.4, -0.2) is 36.3 Å². The van der Waals surface area contributed by atoms with Crippen molar-refractivity contribution < 1.29 is 36.2 Å². The molecule has 0 aliphatic heterocycles. The zero-order valence-electron chi connectivity index (χ0n) is 7.69. The van der Waals surface area contributed by atoms with E-state index in [4.69, 9.17) is 5.11 Å². The Labute approximate surface area is 81.8 Å². The van der Waals surface area contributed by atoms with Gasteiger partial charge in [-0.1, -0.05) is 0 Å². The van der Waals surface area contributed by atoms with E-state index in [1.807, 2.05) is 0 Å². The van der Waals surface area contributed by atoms with Crippen LogP contribution in [0.15, 0.2) is 0 Å². The summed E-state index contributed by atoms with van der Waals surface area (Å²) in [6, 6.07) is 0. The predicted octanol–water partition coefficient (Wildman–Crippen LogP) is 2.27. The molecule has 0 spiro atoms. The summed E-state index contributed by atoms with van der Waals surface area (Å²) in [5.74, 6) is 0. The van der Waals surface area contributed by atoms with Gasteiger partial charge in [-0.2, -0.15) is 26.3 Å². The van der Waals surface area contributed by atoms with Gasteiger partial charge in [0.25, 0.3) is 0 Å². The fourth-order valence-electron chi connectivity index (χ4n) is 0.731. The van der Waals surface area contributed by atoms with Crippen molar-refractivity contribution in [3.8, 4) is 0 Å². The van der Waals surface area contributed by atoms with Gasteiger partial charge in [-0.15, -0.1) is 0 Å². The molecule has 1 N–H and O–H groups in total. The van der Waals surface area contributed by atoms with Gasteiger partial charge in [-0.3, -0.25) is 0 Å². The Morgan fingerprint density at radius 3 is 1.73 bits per heavy atom. The van der Waals surface area contributed by atoms with E-state index in [2.05, 4.69) is 4.74 Å². The van der Waals surface area contributed by atoms with E-state index in [1.54, 1.807) is 0 Å². The molecule has 0 heterocycles. The molecule has 0 saturated heterocycles. The molecule has 2 nitrogen and oxygen atoms in total. The second-order valence-corrected chi connectivity index (χ2v) is 2.97. The minimum absolute atomic E-state index is 0.289. The lowest BCUT2D eigenvalue weighted by atomic mass is 10.3. The van der Waals surface area contributed by atoms with Gasteiger partial charge in [0, 0.05) is 0 Å². The van der Waals surface area contributed by atoms with Crippen molar-refractivity contribution >= 4 is 0 Å². The van der Waals surface area contributed by atoms with Gasteiger partial charge < -0.3 is 9.84 Å². The molecule has 0 radical (unpaired) electrons. The predicted molar refractivity (Wildman–Crippen MR) is 38.1 cm³/mol. The summed E-state index contributed by atoms with van der Waals surface area (Å²) in [5.41, 5.74) is 0. The fourth-order valence-corrected chi connectivity index (χ4v) is 0.731. The summed E-state index contributed by atoms with van der Waals surface area (Å²) in [5, 5.41) is 8.63. The van der Waals surface area contributed by atoms with E-state index in [0.29, 0.717) is 0 Å². The maximum atomic E-state index is 11.8. The molecule has 0 amide bonds. The molecule has 15 heavy (non-hydrogen) atoms. The van der Waals surface area contributed by atoms with Crippen LogP contribution in [0.25, 0.3) is 0 Å². The van der Waals surface area contributed by atoms with Crippen LogP contribution in [0.5, 0.6) is 0 Å². The smallest absolute Gasteiger partial charge is 0.393 e. The molecule has 0 fully saturated rings. The zero-order valence-corrected chi connectivity index (χ0v) is 7.69. The van der Waals surface area contributed by atoms with Crippen LogP contribution in [0, 0.1) is 0 Å². The molecule has 0 aliphatic carbocycles. The van der Waals surface area contributed by atoms with Gasteiger partial charge >= 0.3 is 12.4 Å². The first-order valence-electron chi connectivity index (χ1n) is 3.98. The van der Waals surface area contributed by atoms with Crippen molar-refractivity contribution in [2.75, 3.05) is 6.61 Å². The first-order valence-corrected chi connectivity index (χ1v) is 3.98. The highest BCUT2D eigenvalue weighted by Crippen LogP contribution is 2.35. The van der Waals surface area contributed by atoms with E-state index in [0.717, 1.165) is 0 Å². The lowest BCUT2D eigenvalue weighted by Crippen LogP contribution is -2.44. The second-order valence-electron chi connectivity index (χ2n) is 2.97. The molecule has 92 valence electrons. The number of ether oxygens (including phenoxy) is 1. The van der Waals surface area contributed by atoms with Gasteiger partial charge in [0.15, 0.2) is 0 Å². The van der Waals surface area contributed by atoms with Crippen LogP contribution in [0.3, 0.4) is 0 Å². The van der Waals surface area contributed by atoms with Gasteiger partial charge in [0.2, 0.25) is 6.10 Å². The van der Waals surface area contributed by atoms with Crippen LogP contribution < -0.4 is 0 Å². The molecule has 8 heteroatoms. The third kappa shape index (κ3) is 5.83. The summed E-state index contributed by atoms with van der Waals surface area (Å²) < 4.78 is 74.7. The maximum absolute atomic E-state index is 11.8. The van der Waals surface area contributed by atoms with E-state index in [9.17, 15) is 26.3 Å². The Balaban J connectivity index is 4.29. The third-order valence-corrected chi connectivity index (χ3v) is 1.41. The van der Waals surface area contributed by atoms with Crippen molar-refractivity contribution in [3.05, 3.63) is 0 Å². The molecular formula is C7H10F6O2. The van der Waals surface area contributed by atoms with Crippen LogP contribution in [0.1, 0.15) is 13.3 Å². The summed E-state index contributed by atoms with van der Waals surface area (Å²) in [6.45, 7) is 0.431. The van der Waals surface area contributed by atoms with E-state index in [-0.39, 0.29) is 6.42 Å². The Hall–Kier alpha value is -0.500. The first-order chi connectivity index (χ1) is 6.55. The van der Waals surface area contributed by atoms with Crippen LogP contribution >= 0.6 is 0 Å². The number of hydrogen-bond donors (Lipinski definition) is 1. The molecule has 0 aliphatic rings. The topological polar surface area (TPSA) is 29.5 Å². The molecule has 1 atom stereocenters.